The number of hydrogen-bond acceptors (Lipinski definition) is 7. The summed E-state index contributed by atoms with van der Waals surface area (Å²) in [6, 6.07) is -0.735. The lowest BCUT2D eigenvalue weighted by Crippen LogP contribution is -2.55. The van der Waals surface area contributed by atoms with E-state index in [-0.39, 0.29) is 42.7 Å². The van der Waals surface area contributed by atoms with Crippen molar-refractivity contribution in [1.29, 1.82) is 0 Å². The molecule has 63 heavy (non-hydrogen) atoms. The third-order valence-electron chi connectivity index (χ3n) is 10.9. The normalized spacial score (nSPS) is 13.6. The molecule has 0 rings (SSSR count). The van der Waals surface area contributed by atoms with Gasteiger partial charge in [-0.15, -0.1) is 0 Å². The van der Waals surface area contributed by atoms with Crippen molar-refractivity contribution in [3.05, 3.63) is 85.1 Å². The van der Waals surface area contributed by atoms with Crippen molar-refractivity contribution in [1.82, 2.24) is 0 Å². The highest BCUT2D eigenvalue weighted by atomic mass is 16.6. The van der Waals surface area contributed by atoms with Crippen molar-refractivity contribution in [2.24, 2.45) is 0 Å². The van der Waals surface area contributed by atoms with Crippen LogP contribution in [0.3, 0.4) is 0 Å². The highest BCUT2D eigenvalue weighted by Crippen LogP contribution is 2.15. The van der Waals surface area contributed by atoms with E-state index in [2.05, 4.69) is 98.9 Å². The van der Waals surface area contributed by atoms with Crippen LogP contribution in [-0.2, 0) is 28.6 Å². The zero-order valence-electron chi connectivity index (χ0n) is 41.0. The fourth-order valence-corrected chi connectivity index (χ4v) is 6.98. The number of unbranched alkanes of at least 4 members (excludes halogenated alkanes) is 19. The monoisotopic (exact) mass is 880 g/mol. The Kier molecular flexibility index (Phi) is 42.6. The fourth-order valence-electron chi connectivity index (χ4n) is 6.98. The predicted octanol–water partition coefficient (Wildman–Crippen LogP) is 13.1. The molecule has 0 aliphatic carbocycles. The van der Waals surface area contributed by atoms with Crippen LogP contribution in [0.2, 0.25) is 0 Å². The zero-order valence-corrected chi connectivity index (χ0v) is 41.0. The summed E-state index contributed by atoms with van der Waals surface area (Å²) in [4.78, 5) is 37.0. The number of likely N-dealkylation sites (N-methyl/N-ethyl adjacent to an activating group) is 1. The molecule has 8 heteroatoms. The first-order valence-corrected chi connectivity index (χ1v) is 25.2. The number of esters is 2. The van der Waals surface area contributed by atoms with Gasteiger partial charge in [-0.1, -0.05) is 189 Å². The first-order chi connectivity index (χ1) is 30.6. The molecule has 0 saturated heterocycles. The third kappa shape index (κ3) is 43.5. The number of carbonyl (C=O) groups excluding carboxylic acids is 3. The number of quaternary nitrogens is 1. The Balaban J connectivity index is 4.32. The van der Waals surface area contributed by atoms with Crippen molar-refractivity contribution >= 4 is 17.9 Å². The summed E-state index contributed by atoms with van der Waals surface area (Å²) in [6.45, 7) is 4.49. The Morgan fingerprint density at radius 3 is 1.46 bits per heavy atom. The van der Waals surface area contributed by atoms with Gasteiger partial charge in [-0.05, 0) is 70.6 Å². The summed E-state index contributed by atoms with van der Waals surface area (Å²) < 4.78 is 17.2. The minimum Gasteiger partial charge on any atom is -0.544 e. The maximum absolute atomic E-state index is 12.8. The SMILES string of the molecule is CC/C=C/C/C=C/C/C=C/CCCCCCCCCCCCCC(=O)OC(COCCC(C(=O)[O-])[N+](C)(C)C)COC(=O)CCCCCCC/C=C/C=C/C=C/C=C/CCCCC. The molecule has 0 aromatic rings. The van der Waals surface area contributed by atoms with E-state index >= 15 is 0 Å². The minimum atomic E-state index is -1.13. The molecular formula is C55H93NO7. The number of aliphatic carboxylic acids is 1. The Labute approximate surface area is 386 Å². The topological polar surface area (TPSA) is 102 Å². The maximum atomic E-state index is 12.8. The second-order valence-electron chi connectivity index (χ2n) is 17.8. The van der Waals surface area contributed by atoms with Crippen molar-refractivity contribution in [2.45, 2.75) is 206 Å². The molecular weight excluding hydrogens is 787 g/mol. The molecule has 2 unspecified atom stereocenters. The van der Waals surface area contributed by atoms with Crippen LogP contribution in [0, 0.1) is 0 Å². The molecule has 0 spiro atoms. The lowest BCUT2D eigenvalue weighted by atomic mass is 10.0. The summed E-state index contributed by atoms with van der Waals surface area (Å²) >= 11 is 0. The molecule has 360 valence electrons. The second kappa shape index (κ2) is 45.1. The van der Waals surface area contributed by atoms with E-state index in [0.717, 1.165) is 83.5 Å². The lowest BCUT2D eigenvalue weighted by Gasteiger charge is -2.34. The summed E-state index contributed by atoms with van der Waals surface area (Å²) in [6.07, 6.45) is 58.9. The Morgan fingerprint density at radius 2 is 0.952 bits per heavy atom. The number of carboxylic acids is 1. The number of ether oxygens (including phenoxy) is 3. The van der Waals surface area contributed by atoms with Crippen LogP contribution in [0.15, 0.2) is 85.1 Å². The predicted molar refractivity (Wildman–Crippen MR) is 263 cm³/mol. The van der Waals surface area contributed by atoms with Crippen LogP contribution >= 0.6 is 0 Å². The summed E-state index contributed by atoms with van der Waals surface area (Å²) in [7, 11) is 5.40. The van der Waals surface area contributed by atoms with Crippen LogP contribution in [-0.4, -0.2) is 75.5 Å². The molecule has 2 atom stereocenters. The van der Waals surface area contributed by atoms with Gasteiger partial charge in [-0.25, -0.2) is 0 Å². The molecule has 0 saturated carbocycles. The molecule has 0 N–H and O–H groups in total. The molecule has 0 heterocycles. The molecule has 0 aromatic heterocycles. The summed E-state index contributed by atoms with van der Waals surface area (Å²) in [5, 5.41) is 11.7. The number of nitrogens with zero attached hydrogens (tertiary/aromatic N) is 1. The highest BCUT2D eigenvalue weighted by Gasteiger charge is 2.25. The van der Waals surface area contributed by atoms with Gasteiger partial charge in [0.15, 0.2) is 6.10 Å². The molecule has 0 aliphatic heterocycles. The van der Waals surface area contributed by atoms with E-state index in [4.69, 9.17) is 14.2 Å². The number of carboxylic acid groups (broad SMARTS) is 1. The van der Waals surface area contributed by atoms with E-state index in [0.29, 0.717) is 12.8 Å². The number of allylic oxidation sites excluding steroid dienone is 14. The van der Waals surface area contributed by atoms with E-state index in [1.54, 1.807) is 21.1 Å². The Bertz CT molecular complexity index is 1300. The molecule has 8 nitrogen and oxygen atoms in total. The average molecular weight is 880 g/mol. The van der Waals surface area contributed by atoms with Gasteiger partial charge in [-0.3, -0.25) is 9.59 Å². The van der Waals surface area contributed by atoms with Crippen LogP contribution in [0.1, 0.15) is 194 Å². The zero-order chi connectivity index (χ0) is 46.3. The van der Waals surface area contributed by atoms with Crippen LogP contribution in [0.5, 0.6) is 0 Å². The number of carbonyl (C=O) groups is 3. The molecule has 0 aromatic carbocycles. The summed E-state index contributed by atoms with van der Waals surface area (Å²) in [5.74, 6) is -1.77. The van der Waals surface area contributed by atoms with Crippen molar-refractivity contribution in [3.63, 3.8) is 0 Å². The molecule has 0 fully saturated rings. The van der Waals surface area contributed by atoms with Gasteiger partial charge in [-0.2, -0.15) is 0 Å². The Morgan fingerprint density at radius 1 is 0.508 bits per heavy atom. The number of rotatable bonds is 44. The Hall–Kier alpha value is -3.49. The van der Waals surface area contributed by atoms with Crippen molar-refractivity contribution in [3.8, 4) is 0 Å². The van der Waals surface area contributed by atoms with Crippen LogP contribution in [0.4, 0.5) is 0 Å². The third-order valence-corrected chi connectivity index (χ3v) is 10.9. The smallest absolute Gasteiger partial charge is 0.306 e. The van der Waals surface area contributed by atoms with E-state index in [1.165, 1.54) is 77.0 Å². The van der Waals surface area contributed by atoms with Gasteiger partial charge in [0.2, 0.25) is 0 Å². The quantitative estimate of drug-likeness (QED) is 0.0197. The highest BCUT2D eigenvalue weighted by molar-refractivity contribution is 5.70. The standard InChI is InChI=1S/C55H93NO7/c1-6-8-10-12-14-16-18-20-22-24-26-27-28-30-32-34-36-38-40-42-44-46-54(58)63-51(49-61-48-47-52(55(59)60)56(3,4)5)50-62-53(57)45-43-41-39-37-35-33-31-29-25-23-21-19-17-15-13-11-9-7-2/h8,10,14-17,19-23,25,29,31,51-52H,6-7,9,11-13,18,24,26-28,30,32-50H2,1-5H3/b10-8+,16-14+,17-15+,21-19+,22-20+,25-23+,31-29+. The van der Waals surface area contributed by atoms with Crippen LogP contribution in [0.25, 0.3) is 0 Å². The van der Waals surface area contributed by atoms with E-state index < -0.39 is 18.1 Å². The summed E-state index contributed by atoms with van der Waals surface area (Å²) in [5.41, 5.74) is 0. The average Bonchev–Trinajstić information content (AvgIpc) is 3.24. The first kappa shape index (κ1) is 59.5. The van der Waals surface area contributed by atoms with E-state index in [1.807, 2.05) is 0 Å². The van der Waals surface area contributed by atoms with E-state index in [9.17, 15) is 19.5 Å². The molecule has 0 radical (unpaired) electrons. The lowest BCUT2D eigenvalue weighted by molar-refractivity contribution is -0.889. The van der Waals surface area contributed by atoms with Gasteiger partial charge in [0.1, 0.15) is 12.6 Å². The molecule has 0 bridgehead atoms. The van der Waals surface area contributed by atoms with Gasteiger partial charge >= 0.3 is 11.9 Å². The molecule has 0 amide bonds. The maximum Gasteiger partial charge on any atom is 0.306 e. The minimum absolute atomic E-state index is 0.0277. The van der Waals surface area contributed by atoms with Gasteiger partial charge in [0.05, 0.1) is 40.3 Å². The van der Waals surface area contributed by atoms with Gasteiger partial charge in [0, 0.05) is 19.3 Å². The van der Waals surface area contributed by atoms with Crippen molar-refractivity contribution < 1.29 is 38.2 Å². The largest absolute Gasteiger partial charge is 0.544 e. The van der Waals surface area contributed by atoms with Crippen LogP contribution < -0.4 is 5.11 Å². The number of hydrogen-bond donors (Lipinski definition) is 0. The fraction of sp³-hybridized carbons (Fsp3) is 0.691. The molecule has 0 aliphatic rings. The van der Waals surface area contributed by atoms with Gasteiger partial charge in [0.25, 0.3) is 0 Å². The van der Waals surface area contributed by atoms with Gasteiger partial charge < -0.3 is 28.6 Å². The second-order valence-corrected chi connectivity index (χ2v) is 17.8. The first-order valence-electron chi connectivity index (χ1n) is 25.2. The van der Waals surface area contributed by atoms with Crippen molar-refractivity contribution in [2.75, 3.05) is 41.0 Å².